The summed E-state index contributed by atoms with van der Waals surface area (Å²) in [5, 5.41) is 5.78. The van der Waals surface area contributed by atoms with E-state index < -0.39 is 11.6 Å². The van der Waals surface area contributed by atoms with Crippen LogP contribution in [0.2, 0.25) is 0 Å². The maximum atomic E-state index is 13.2. The number of hydrogen-bond acceptors (Lipinski definition) is 5. The molecule has 0 N–H and O–H groups in total. The summed E-state index contributed by atoms with van der Waals surface area (Å²) < 4.78 is 31.3. The molecule has 0 unspecified atom stereocenters. The summed E-state index contributed by atoms with van der Waals surface area (Å²) in [5.74, 6) is -1.38. The molecule has 24 heavy (non-hydrogen) atoms. The molecule has 1 aromatic carbocycles. The Hall–Kier alpha value is -2.61. The van der Waals surface area contributed by atoms with Crippen molar-refractivity contribution in [2.75, 3.05) is 11.9 Å². The number of anilines is 1. The Labute approximate surface area is 140 Å². The Balaban J connectivity index is 1.61. The van der Waals surface area contributed by atoms with Gasteiger partial charge in [-0.15, -0.1) is 11.3 Å². The van der Waals surface area contributed by atoms with Gasteiger partial charge in [-0.1, -0.05) is 11.2 Å². The third-order valence-corrected chi connectivity index (χ3v) is 4.29. The van der Waals surface area contributed by atoms with E-state index in [1.807, 2.05) is 17.5 Å². The predicted octanol–water partition coefficient (Wildman–Crippen LogP) is 3.67. The lowest BCUT2D eigenvalue weighted by atomic mass is 10.2. The number of benzene rings is 1. The van der Waals surface area contributed by atoms with E-state index in [0.717, 1.165) is 17.0 Å². The zero-order chi connectivity index (χ0) is 17.1. The van der Waals surface area contributed by atoms with E-state index in [4.69, 9.17) is 4.52 Å². The van der Waals surface area contributed by atoms with Crippen molar-refractivity contribution < 1.29 is 18.1 Å². The molecule has 0 saturated carbocycles. The van der Waals surface area contributed by atoms with E-state index in [0.29, 0.717) is 11.7 Å². The summed E-state index contributed by atoms with van der Waals surface area (Å²) in [5.41, 5.74) is 0.281. The number of carbonyl (C=O) groups is 1. The molecule has 2 heterocycles. The van der Waals surface area contributed by atoms with Gasteiger partial charge in [0.2, 0.25) is 17.6 Å². The molecule has 0 aliphatic heterocycles. The fourth-order valence-corrected chi connectivity index (χ4v) is 2.73. The lowest BCUT2D eigenvalue weighted by molar-refractivity contribution is -0.118. The average Bonchev–Trinajstić information content (AvgIpc) is 3.25. The molecule has 0 radical (unpaired) electrons. The van der Waals surface area contributed by atoms with Crippen molar-refractivity contribution in [1.29, 1.82) is 0 Å². The normalized spacial score (nSPS) is 10.8. The van der Waals surface area contributed by atoms with E-state index in [9.17, 15) is 13.6 Å². The molecule has 0 spiro atoms. The Morgan fingerprint density at radius 2 is 2.12 bits per heavy atom. The minimum atomic E-state index is -0.996. The summed E-state index contributed by atoms with van der Waals surface area (Å²) >= 11 is 1.49. The molecule has 2 aromatic heterocycles. The largest absolute Gasteiger partial charge is 0.339 e. The number of carbonyl (C=O) groups excluding carboxylic acids is 1. The molecule has 0 aliphatic rings. The fraction of sp³-hybridized carbons (Fsp3) is 0.188. The van der Waals surface area contributed by atoms with E-state index >= 15 is 0 Å². The lowest BCUT2D eigenvalue weighted by Gasteiger charge is -2.17. The first kappa shape index (κ1) is 16.3. The van der Waals surface area contributed by atoms with E-state index in [2.05, 4.69) is 10.1 Å². The Kier molecular flexibility index (Phi) is 4.66. The van der Waals surface area contributed by atoms with Crippen LogP contribution in [0.4, 0.5) is 14.5 Å². The number of rotatable bonds is 5. The van der Waals surface area contributed by atoms with Crippen molar-refractivity contribution in [3.63, 3.8) is 0 Å². The van der Waals surface area contributed by atoms with Gasteiger partial charge in [-0.25, -0.2) is 8.78 Å². The van der Waals surface area contributed by atoms with Gasteiger partial charge >= 0.3 is 0 Å². The first-order chi connectivity index (χ1) is 11.5. The highest BCUT2D eigenvalue weighted by Crippen LogP contribution is 2.22. The van der Waals surface area contributed by atoms with Crippen molar-refractivity contribution in [1.82, 2.24) is 10.1 Å². The minimum absolute atomic E-state index is 0.113. The summed E-state index contributed by atoms with van der Waals surface area (Å²) in [4.78, 5) is 18.6. The zero-order valence-electron chi connectivity index (χ0n) is 12.7. The smallest absolute Gasteiger partial charge is 0.227 e. The summed E-state index contributed by atoms with van der Waals surface area (Å²) in [6.07, 6.45) is 0.382. The standard InChI is InChI=1S/C16H13F2N3O2S/c1-21(10-4-5-11(17)12(18)9-10)15(22)7-6-14-19-16(20-23-14)13-3-2-8-24-13/h2-5,8-9H,6-7H2,1H3. The molecule has 1 amide bonds. The SMILES string of the molecule is CN(C(=O)CCc1nc(-c2cccs2)no1)c1ccc(F)c(F)c1. The average molecular weight is 349 g/mol. The highest BCUT2D eigenvalue weighted by atomic mass is 32.1. The molecule has 0 fully saturated rings. The van der Waals surface area contributed by atoms with Gasteiger partial charge in [0.25, 0.3) is 0 Å². The maximum Gasteiger partial charge on any atom is 0.227 e. The molecule has 0 aliphatic carbocycles. The molecule has 3 aromatic rings. The van der Waals surface area contributed by atoms with Crippen LogP contribution in [0.1, 0.15) is 12.3 Å². The van der Waals surface area contributed by atoms with Crippen LogP contribution in [-0.2, 0) is 11.2 Å². The number of aryl methyl sites for hydroxylation is 1. The van der Waals surface area contributed by atoms with Gasteiger partial charge in [0.05, 0.1) is 4.88 Å². The number of thiophene rings is 1. The Bertz CT molecular complexity index is 849. The van der Waals surface area contributed by atoms with Gasteiger partial charge in [-0.3, -0.25) is 4.79 Å². The number of nitrogens with zero attached hydrogens (tertiary/aromatic N) is 3. The van der Waals surface area contributed by atoms with E-state index in [1.165, 1.54) is 29.4 Å². The molecule has 8 heteroatoms. The fourth-order valence-electron chi connectivity index (χ4n) is 2.08. The summed E-state index contributed by atoms with van der Waals surface area (Å²) in [7, 11) is 1.50. The van der Waals surface area contributed by atoms with Crippen molar-refractivity contribution in [2.24, 2.45) is 0 Å². The first-order valence-corrected chi connectivity index (χ1v) is 8.00. The minimum Gasteiger partial charge on any atom is -0.339 e. The molecule has 124 valence electrons. The number of amides is 1. The van der Waals surface area contributed by atoms with Crippen molar-refractivity contribution in [3.05, 3.63) is 53.2 Å². The lowest BCUT2D eigenvalue weighted by Crippen LogP contribution is -2.26. The van der Waals surface area contributed by atoms with Crippen LogP contribution in [0.3, 0.4) is 0 Å². The molecule has 3 rings (SSSR count). The third kappa shape index (κ3) is 3.48. The Morgan fingerprint density at radius 3 is 2.83 bits per heavy atom. The second-order valence-electron chi connectivity index (χ2n) is 5.04. The molecule has 0 saturated heterocycles. The predicted molar refractivity (Wildman–Crippen MR) is 85.7 cm³/mol. The van der Waals surface area contributed by atoms with Crippen molar-refractivity contribution in [3.8, 4) is 10.7 Å². The summed E-state index contributed by atoms with van der Waals surface area (Å²) in [6, 6.07) is 7.07. The number of halogens is 2. The van der Waals surface area contributed by atoms with Crippen LogP contribution in [0, 0.1) is 11.6 Å². The monoisotopic (exact) mass is 349 g/mol. The van der Waals surface area contributed by atoms with Crippen LogP contribution >= 0.6 is 11.3 Å². The van der Waals surface area contributed by atoms with Gasteiger partial charge in [-0.05, 0) is 23.6 Å². The number of hydrogen-bond donors (Lipinski definition) is 0. The zero-order valence-corrected chi connectivity index (χ0v) is 13.5. The Morgan fingerprint density at radius 1 is 1.29 bits per heavy atom. The van der Waals surface area contributed by atoms with Gasteiger partial charge in [0, 0.05) is 31.6 Å². The van der Waals surface area contributed by atoms with Crippen LogP contribution in [0.25, 0.3) is 10.7 Å². The van der Waals surface area contributed by atoms with Crippen LogP contribution in [0.15, 0.2) is 40.2 Å². The van der Waals surface area contributed by atoms with Crippen molar-refractivity contribution >= 4 is 22.9 Å². The second-order valence-corrected chi connectivity index (χ2v) is 5.99. The molecular formula is C16H13F2N3O2S. The molecule has 0 atom stereocenters. The summed E-state index contributed by atoms with van der Waals surface area (Å²) in [6.45, 7) is 0. The maximum absolute atomic E-state index is 13.2. The van der Waals surface area contributed by atoms with Gasteiger partial charge < -0.3 is 9.42 Å². The topological polar surface area (TPSA) is 59.2 Å². The van der Waals surface area contributed by atoms with E-state index in [1.54, 1.807) is 0 Å². The van der Waals surface area contributed by atoms with Gasteiger partial charge in [0.1, 0.15) is 0 Å². The van der Waals surface area contributed by atoms with Crippen LogP contribution < -0.4 is 4.90 Å². The number of aromatic nitrogens is 2. The molecular weight excluding hydrogens is 336 g/mol. The quantitative estimate of drug-likeness (QED) is 0.705. The van der Waals surface area contributed by atoms with Crippen LogP contribution in [0.5, 0.6) is 0 Å². The van der Waals surface area contributed by atoms with Crippen molar-refractivity contribution in [2.45, 2.75) is 12.8 Å². The van der Waals surface area contributed by atoms with Crippen LogP contribution in [-0.4, -0.2) is 23.1 Å². The van der Waals surface area contributed by atoms with Gasteiger partial charge in [-0.2, -0.15) is 4.98 Å². The van der Waals surface area contributed by atoms with Gasteiger partial charge in [0.15, 0.2) is 11.6 Å². The highest BCUT2D eigenvalue weighted by Gasteiger charge is 2.16. The molecule has 0 bridgehead atoms. The molecule has 5 nitrogen and oxygen atoms in total. The highest BCUT2D eigenvalue weighted by molar-refractivity contribution is 7.13. The van der Waals surface area contributed by atoms with E-state index in [-0.39, 0.29) is 24.4 Å². The second kappa shape index (κ2) is 6.88. The first-order valence-electron chi connectivity index (χ1n) is 7.12. The third-order valence-electron chi connectivity index (χ3n) is 3.43.